The van der Waals surface area contributed by atoms with Crippen molar-refractivity contribution in [1.82, 2.24) is 0 Å². The van der Waals surface area contributed by atoms with Crippen LogP contribution in [0.3, 0.4) is 0 Å². The Balaban J connectivity index is 2.55. The normalized spacial score (nSPS) is 28.1. The first kappa shape index (κ1) is 12.0. The van der Waals surface area contributed by atoms with Crippen LogP contribution in [0.15, 0.2) is 0 Å². The van der Waals surface area contributed by atoms with Crippen molar-refractivity contribution in [3.8, 4) is 0 Å². The summed E-state index contributed by atoms with van der Waals surface area (Å²) in [5, 5.41) is 0. The van der Waals surface area contributed by atoms with Crippen molar-refractivity contribution in [1.29, 1.82) is 0 Å². The molecule has 0 radical (unpaired) electrons. The van der Waals surface area contributed by atoms with E-state index in [1.165, 1.54) is 0 Å². The summed E-state index contributed by atoms with van der Waals surface area (Å²) in [6, 6.07) is 0. The van der Waals surface area contributed by atoms with E-state index in [9.17, 15) is 8.42 Å². The van der Waals surface area contributed by atoms with E-state index in [1.54, 1.807) is 0 Å². The van der Waals surface area contributed by atoms with Crippen LogP contribution >= 0.6 is 0 Å². The van der Waals surface area contributed by atoms with Crippen molar-refractivity contribution < 1.29 is 8.42 Å². The standard InChI is InChI=1S/C10H21NO2S/c1-8(2)5-10(6-11)9-3-4-14(12,13)7-9/h8-10H,3-7,11H2,1-2H3. The van der Waals surface area contributed by atoms with E-state index in [0.717, 1.165) is 12.8 Å². The van der Waals surface area contributed by atoms with E-state index in [1.807, 2.05) is 0 Å². The van der Waals surface area contributed by atoms with Gasteiger partial charge < -0.3 is 5.73 Å². The molecule has 3 nitrogen and oxygen atoms in total. The van der Waals surface area contributed by atoms with Crippen LogP contribution in [-0.4, -0.2) is 26.5 Å². The lowest BCUT2D eigenvalue weighted by Gasteiger charge is -2.22. The summed E-state index contributed by atoms with van der Waals surface area (Å²) in [5.74, 6) is 2.04. The fraction of sp³-hybridized carbons (Fsp3) is 1.00. The molecule has 0 aromatic heterocycles. The molecule has 2 N–H and O–H groups in total. The van der Waals surface area contributed by atoms with Gasteiger partial charge in [-0.05, 0) is 37.1 Å². The van der Waals surface area contributed by atoms with Gasteiger partial charge in [-0.3, -0.25) is 0 Å². The second-order valence-corrected chi connectivity index (χ2v) is 7.02. The Labute approximate surface area is 87.0 Å². The van der Waals surface area contributed by atoms with Crippen LogP contribution in [0.2, 0.25) is 0 Å². The predicted octanol–water partition coefficient (Wildman–Crippen LogP) is 1.04. The van der Waals surface area contributed by atoms with Gasteiger partial charge in [0.25, 0.3) is 0 Å². The minimum absolute atomic E-state index is 0.312. The van der Waals surface area contributed by atoms with Gasteiger partial charge in [0.15, 0.2) is 9.84 Å². The molecule has 4 heteroatoms. The average molecular weight is 219 g/mol. The lowest BCUT2D eigenvalue weighted by atomic mass is 9.85. The minimum atomic E-state index is -2.74. The van der Waals surface area contributed by atoms with E-state index in [-0.39, 0.29) is 0 Å². The molecular formula is C10H21NO2S. The van der Waals surface area contributed by atoms with Crippen molar-refractivity contribution in [2.75, 3.05) is 18.1 Å². The molecule has 0 saturated carbocycles. The molecule has 1 rings (SSSR count). The third-order valence-electron chi connectivity index (χ3n) is 3.01. The fourth-order valence-corrected chi connectivity index (χ4v) is 4.20. The SMILES string of the molecule is CC(C)CC(CN)C1CCS(=O)(=O)C1. The van der Waals surface area contributed by atoms with Crippen molar-refractivity contribution in [2.45, 2.75) is 26.7 Å². The molecule has 14 heavy (non-hydrogen) atoms. The third kappa shape index (κ3) is 3.24. The Morgan fingerprint density at radius 2 is 2.07 bits per heavy atom. The second kappa shape index (κ2) is 4.62. The maximum absolute atomic E-state index is 11.3. The molecule has 1 aliphatic heterocycles. The predicted molar refractivity (Wildman–Crippen MR) is 58.8 cm³/mol. The number of nitrogens with two attached hydrogens (primary N) is 1. The Morgan fingerprint density at radius 3 is 2.43 bits per heavy atom. The number of rotatable bonds is 4. The largest absolute Gasteiger partial charge is 0.330 e. The van der Waals surface area contributed by atoms with Gasteiger partial charge in [-0.2, -0.15) is 0 Å². The van der Waals surface area contributed by atoms with E-state index >= 15 is 0 Å². The lowest BCUT2D eigenvalue weighted by molar-refractivity contribution is 0.311. The first-order valence-electron chi connectivity index (χ1n) is 5.35. The van der Waals surface area contributed by atoms with Gasteiger partial charge in [-0.25, -0.2) is 8.42 Å². The van der Waals surface area contributed by atoms with Crippen LogP contribution in [0.4, 0.5) is 0 Å². The highest BCUT2D eigenvalue weighted by Crippen LogP contribution is 2.29. The molecule has 0 aliphatic carbocycles. The van der Waals surface area contributed by atoms with Crippen molar-refractivity contribution in [2.24, 2.45) is 23.5 Å². The summed E-state index contributed by atoms with van der Waals surface area (Å²) >= 11 is 0. The molecule has 2 atom stereocenters. The quantitative estimate of drug-likeness (QED) is 0.768. The number of hydrogen-bond acceptors (Lipinski definition) is 3. The van der Waals surface area contributed by atoms with E-state index < -0.39 is 9.84 Å². The van der Waals surface area contributed by atoms with Crippen LogP contribution in [0.25, 0.3) is 0 Å². The highest BCUT2D eigenvalue weighted by atomic mass is 32.2. The van der Waals surface area contributed by atoms with E-state index in [0.29, 0.717) is 35.8 Å². The number of sulfone groups is 1. The summed E-state index contributed by atoms with van der Waals surface area (Å²) in [6.45, 7) is 4.94. The van der Waals surface area contributed by atoms with Gasteiger partial charge in [0, 0.05) is 0 Å². The van der Waals surface area contributed by atoms with Crippen LogP contribution in [0.5, 0.6) is 0 Å². The Hall–Kier alpha value is -0.0900. The molecule has 1 heterocycles. The second-order valence-electron chi connectivity index (χ2n) is 4.79. The maximum atomic E-state index is 11.3. The fourth-order valence-electron chi connectivity index (χ4n) is 2.28. The van der Waals surface area contributed by atoms with Crippen LogP contribution in [0, 0.1) is 17.8 Å². The first-order valence-corrected chi connectivity index (χ1v) is 7.17. The molecule has 0 spiro atoms. The zero-order valence-corrected chi connectivity index (χ0v) is 9.89. The number of hydrogen-bond donors (Lipinski definition) is 1. The van der Waals surface area contributed by atoms with Crippen LogP contribution < -0.4 is 5.73 Å². The first-order chi connectivity index (χ1) is 6.44. The molecule has 0 bridgehead atoms. The van der Waals surface area contributed by atoms with Crippen LogP contribution in [0.1, 0.15) is 26.7 Å². The zero-order valence-electron chi connectivity index (χ0n) is 9.07. The van der Waals surface area contributed by atoms with Gasteiger partial charge in [-0.1, -0.05) is 13.8 Å². The molecule has 1 aliphatic rings. The molecule has 1 fully saturated rings. The van der Waals surface area contributed by atoms with Crippen LogP contribution in [-0.2, 0) is 9.84 Å². The lowest BCUT2D eigenvalue weighted by Crippen LogP contribution is -2.25. The summed E-state index contributed by atoms with van der Waals surface area (Å²) in [5.41, 5.74) is 5.69. The molecule has 0 aromatic carbocycles. The van der Waals surface area contributed by atoms with Gasteiger partial charge in [0.05, 0.1) is 11.5 Å². The smallest absolute Gasteiger partial charge is 0.150 e. The zero-order chi connectivity index (χ0) is 10.8. The van der Waals surface area contributed by atoms with Crippen molar-refractivity contribution in [3.05, 3.63) is 0 Å². The van der Waals surface area contributed by atoms with Crippen molar-refractivity contribution >= 4 is 9.84 Å². The molecule has 0 amide bonds. The van der Waals surface area contributed by atoms with Gasteiger partial charge >= 0.3 is 0 Å². The highest BCUT2D eigenvalue weighted by Gasteiger charge is 2.32. The topological polar surface area (TPSA) is 60.2 Å². The summed E-state index contributed by atoms with van der Waals surface area (Å²) in [4.78, 5) is 0. The molecule has 1 saturated heterocycles. The molecule has 2 unspecified atom stereocenters. The maximum Gasteiger partial charge on any atom is 0.150 e. The van der Waals surface area contributed by atoms with E-state index in [2.05, 4.69) is 13.8 Å². The summed E-state index contributed by atoms with van der Waals surface area (Å²) < 4.78 is 22.6. The van der Waals surface area contributed by atoms with Gasteiger partial charge in [0.2, 0.25) is 0 Å². The van der Waals surface area contributed by atoms with E-state index in [4.69, 9.17) is 5.73 Å². The highest BCUT2D eigenvalue weighted by molar-refractivity contribution is 7.91. The molecular weight excluding hydrogens is 198 g/mol. The Kier molecular flexibility index (Phi) is 3.95. The minimum Gasteiger partial charge on any atom is -0.330 e. The van der Waals surface area contributed by atoms with Crippen molar-refractivity contribution in [3.63, 3.8) is 0 Å². The summed E-state index contributed by atoms with van der Waals surface area (Å²) in [6.07, 6.45) is 1.87. The third-order valence-corrected chi connectivity index (χ3v) is 4.80. The monoisotopic (exact) mass is 219 g/mol. The Bertz CT molecular complexity index is 272. The average Bonchev–Trinajstić information content (AvgIpc) is 2.41. The summed E-state index contributed by atoms with van der Waals surface area (Å²) in [7, 11) is -2.74. The molecule has 84 valence electrons. The van der Waals surface area contributed by atoms with Gasteiger partial charge in [-0.15, -0.1) is 0 Å². The van der Waals surface area contributed by atoms with Gasteiger partial charge in [0.1, 0.15) is 0 Å². The molecule has 0 aromatic rings. The Morgan fingerprint density at radius 1 is 1.43 bits per heavy atom.